The van der Waals surface area contributed by atoms with Crippen LogP contribution in [0.2, 0.25) is 0 Å². The minimum absolute atomic E-state index is 0.103. The zero-order valence-corrected chi connectivity index (χ0v) is 11.9. The number of pyridine rings is 1. The topological polar surface area (TPSA) is 45.6 Å². The van der Waals surface area contributed by atoms with Crippen LogP contribution >= 0.6 is 0 Å². The Morgan fingerprint density at radius 2 is 2.10 bits per heavy atom. The van der Waals surface area contributed by atoms with Crippen molar-refractivity contribution in [3.05, 3.63) is 30.5 Å². The van der Waals surface area contributed by atoms with E-state index in [2.05, 4.69) is 23.0 Å². The molecule has 0 spiro atoms. The quantitative estimate of drug-likeness (QED) is 0.928. The predicted octanol–water partition coefficient (Wildman–Crippen LogP) is 2.45. The third-order valence-electron chi connectivity index (χ3n) is 4.07. The van der Waals surface area contributed by atoms with E-state index in [4.69, 9.17) is 4.74 Å². The molecule has 0 amide bonds. The average molecular weight is 272 g/mol. The second-order valence-corrected chi connectivity index (χ2v) is 5.56. The van der Waals surface area contributed by atoms with Crippen LogP contribution in [0, 0.1) is 5.92 Å². The molecule has 106 valence electrons. The first-order valence-electron chi connectivity index (χ1n) is 7.00. The van der Waals surface area contributed by atoms with Crippen LogP contribution in [0.4, 0.5) is 5.82 Å². The lowest BCUT2D eigenvalue weighted by atomic mass is 9.82. The van der Waals surface area contributed by atoms with Crippen molar-refractivity contribution in [1.82, 2.24) is 4.98 Å². The number of nitrogens with zero attached hydrogens (tertiary/aromatic N) is 2. The number of aliphatic hydroxyl groups excluding tert-OH is 1. The van der Waals surface area contributed by atoms with Gasteiger partial charge in [0.05, 0.1) is 13.2 Å². The van der Waals surface area contributed by atoms with Crippen molar-refractivity contribution in [3.63, 3.8) is 0 Å². The van der Waals surface area contributed by atoms with Gasteiger partial charge in [-0.3, -0.25) is 0 Å². The molecule has 3 rings (SSSR count). The second kappa shape index (κ2) is 5.29. The van der Waals surface area contributed by atoms with E-state index in [9.17, 15) is 5.11 Å². The standard InChI is InChI=1S/C16H20N2O2/c1-18(10-11-8-12(19)9-11)16-14-4-3-5-15(20-2)13(14)6-7-17-16/h3-7,11-12,19H,8-10H2,1-2H3. The Balaban J connectivity index is 1.90. The van der Waals surface area contributed by atoms with E-state index in [0.717, 1.165) is 41.7 Å². The van der Waals surface area contributed by atoms with Crippen LogP contribution in [0.15, 0.2) is 30.5 Å². The molecule has 1 saturated carbocycles. The maximum Gasteiger partial charge on any atom is 0.136 e. The molecule has 4 heteroatoms. The summed E-state index contributed by atoms with van der Waals surface area (Å²) >= 11 is 0. The summed E-state index contributed by atoms with van der Waals surface area (Å²) < 4.78 is 5.41. The molecule has 1 heterocycles. The third-order valence-corrected chi connectivity index (χ3v) is 4.07. The summed E-state index contributed by atoms with van der Waals surface area (Å²) in [6.45, 7) is 0.931. The van der Waals surface area contributed by atoms with Crippen LogP contribution in [-0.4, -0.2) is 36.9 Å². The zero-order chi connectivity index (χ0) is 14.1. The summed E-state index contributed by atoms with van der Waals surface area (Å²) in [5, 5.41) is 11.6. The van der Waals surface area contributed by atoms with E-state index >= 15 is 0 Å². The van der Waals surface area contributed by atoms with Crippen molar-refractivity contribution < 1.29 is 9.84 Å². The van der Waals surface area contributed by atoms with Crippen LogP contribution in [0.5, 0.6) is 5.75 Å². The number of anilines is 1. The van der Waals surface area contributed by atoms with Gasteiger partial charge in [0.1, 0.15) is 11.6 Å². The maximum atomic E-state index is 9.39. The van der Waals surface area contributed by atoms with E-state index in [0.29, 0.717) is 5.92 Å². The summed E-state index contributed by atoms with van der Waals surface area (Å²) in [6, 6.07) is 8.02. The highest BCUT2D eigenvalue weighted by Crippen LogP contribution is 2.33. The highest BCUT2D eigenvalue weighted by molar-refractivity contribution is 5.96. The SMILES string of the molecule is COc1cccc2c(N(C)CC3CC(O)C3)nccc12. The fourth-order valence-electron chi connectivity index (χ4n) is 2.97. The van der Waals surface area contributed by atoms with E-state index in [1.807, 2.05) is 24.4 Å². The lowest BCUT2D eigenvalue weighted by Gasteiger charge is -2.35. The van der Waals surface area contributed by atoms with Crippen molar-refractivity contribution in [2.45, 2.75) is 18.9 Å². The maximum absolute atomic E-state index is 9.39. The minimum atomic E-state index is -0.103. The van der Waals surface area contributed by atoms with Gasteiger partial charge < -0.3 is 14.7 Å². The van der Waals surface area contributed by atoms with E-state index in [1.54, 1.807) is 7.11 Å². The van der Waals surface area contributed by atoms with E-state index in [-0.39, 0.29) is 6.10 Å². The van der Waals surface area contributed by atoms with Crippen LogP contribution in [0.1, 0.15) is 12.8 Å². The highest BCUT2D eigenvalue weighted by atomic mass is 16.5. The Morgan fingerprint density at radius 1 is 1.30 bits per heavy atom. The number of hydrogen-bond acceptors (Lipinski definition) is 4. The fraction of sp³-hybridized carbons (Fsp3) is 0.438. The smallest absolute Gasteiger partial charge is 0.136 e. The van der Waals surface area contributed by atoms with Crippen molar-refractivity contribution in [2.75, 3.05) is 25.6 Å². The molecule has 0 bridgehead atoms. The molecule has 0 unspecified atom stereocenters. The van der Waals surface area contributed by atoms with Gasteiger partial charge >= 0.3 is 0 Å². The van der Waals surface area contributed by atoms with Crippen molar-refractivity contribution in [2.24, 2.45) is 5.92 Å². The van der Waals surface area contributed by atoms with Crippen molar-refractivity contribution >= 4 is 16.6 Å². The van der Waals surface area contributed by atoms with Crippen LogP contribution in [-0.2, 0) is 0 Å². The summed E-state index contributed by atoms with van der Waals surface area (Å²) in [6.07, 6.45) is 3.53. The minimum Gasteiger partial charge on any atom is -0.496 e. The molecular weight excluding hydrogens is 252 g/mol. The molecule has 1 aliphatic carbocycles. The molecule has 1 fully saturated rings. The number of hydrogen-bond donors (Lipinski definition) is 1. The van der Waals surface area contributed by atoms with Gasteiger partial charge in [0.15, 0.2) is 0 Å². The van der Waals surface area contributed by atoms with Crippen LogP contribution in [0.25, 0.3) is 10.8 Å². The van der Waals surface area contributed by atoms with Crippen LogP contribution < -0.4 is 9.64 Å². The zero-order valence-electron chi connectivity index (χ0n) is 11.9. The van der Waals surface area contributed by atoms with Gasteiger partial charge in [0.2, 0.25) is 0 Å². The third kappa shape index (κ3) is 2.31. The summed E-state index contributed by atoms with van der Waals surface area (Å²) in [5.41, 5.74) is 0. The predicted molar refractivity (Wildman–Crippen MR) is 80.3 cm³/mol. The molecule has 0 radical (unpaired) electrons. The number of fused-ring (bicyclic) bond motifs is 1. The first-order chi connectivity index (χ1) is 9.69. The molecule has 1 aliphatic rings. The summed E-state index contributed by atoms with van der Waals surface area (Å²) in [5.74, 6) is 2.42. The average Bonchev–Trinajstić information content (AvgIpc) is 2.44. The Bertz CT molecular complexity index is 608. The van der Waals surface area contributed by atoms with Crippen molar-refractivity contribution in [1.29, 1.82) is 0 Å². The van der Waals surface area contributed by atoms with Gasteiger partial charge in [-0.1, -0.05) is 12.1 Å². The molecule has 0 aliphatic heterocycles. The molecule has 1 aromatic carbocycles. The Morgan fingerprint density at radius 3 is 2.80 bits per heavy atom. The number of methoxy groups -OCH3 is 1. The molecule has 1 aromatic heterocycles. The Kier molecular flexibility index (Phi) is 3.49. The summed E-state index contributed by atoms with van der Waals surface area (Å²) in [7, 11) is 3.75. The van der Waals surface area contributed by atoms with Crippen LogP contribution in [0.3, 0.4) is 0 Å². The van der Waals surface area contributed by atoms with Gasteiger partial charge in [-0.25, -0.2) is 4.98 Å². The number of ether oxygens (including phenoxy) is 1. The lowest BCUT2D eigenvalue weighted by molar-refractivity contribution is 0.0464. The molecule has 1 N–H and O–H groups in total. The van der Waals surface area contributed by atoms with Gasteiger partial charge in [0.25, 0.3) is 0 Å². The van der Waals surface area contributed by atoms with Gasteiger partial charge in [0, 0.05) is 30.6 Å². The Labute approximate surface area is 119 Å². The molecule has 0 saturated heterocycles. The Hall–Kier alpha value is -1.81. The highest BCUT2D eigenvalue weighted by Gasteiger charge is 2.28. The second-order valence-electron chi connectivity index (χ2n) is 5.56. The van der Waals surface area contributed by atoms with Gasteiger partial charge in [-0.05, 0) is 30.9 Å². The number of rotatable bonds is 4. The monoisotopic (exact) mass is 272 g/mol. The molecular formula is C16H20N2O2. The molecule has 2 aromatic rings. The normalized spacial score (nSPS) is 21.6. The number of aromatic nitrogens is 1. The number of benzene rings is 1. The molecule has 0 atom stereocenters. The molecule has 20 heavy (non-hydrogen) atoms. The largest absolute Gasteiger partial charge is 0.496 e. The number of aliphatic hydroxyl groups is 1. The fourth-order valence-corrected chi connectivity index (χ4v) is 2.97. The first-order valence-corrected chi connectivity index (χ1v) is 7.00. The van der Waals surface area contributed by atoms with E-state index < -0.39 is 0 Å². The van der Waals surface area contributed by atoms with Gasteiger partial charge in [-0.2, -0.15) is 0 Å². The lowest BCUT2D eigenvalue weighted by Crippen LogP contribution is -2.37. The van der Waals surface area contributed by atoms with Gasteiger partial charge in [-0.15, -0.1) is 0 Å². The first kappa shape index (κ1) is 13.2. The van der Waals surface area contributed by atoms with E-state index in [1.165, 1.54) is 0 Å². The van der Waals surface area contributed by atoms with Crippen molar-refractivity contribution in [3.8, 4) is 5.75 Å². The summed E-state index contributed by atoms with van der Waals surface area (Å²) in [4.78, 5) is 6.70. The molecule has 4 nitrogen and oxygen atoms in total.